The molecule has 0 unspecified atom stereocenters. The van der Waals surface area contributed by atoms with E-state index in [0.29, 0.717) is 17.3 Å². The summed E-state index contributed by atoms with van der Waals surface area (Å²) in [6.07, 6.45) is 1.48. The standard InChI is InChI=1S/C16H16N2O5/c1-4-21-16(20)11-8(2)23-15-13(14(19)17-9(3)18-15)12(11)10-6-5-7-22-10/h5-7,12H,4H2,1-3H3,(H,17,18,19)/t12-/m0/s1. The average Bonchev–Trinajstić information content (AvgIpc) is 2.99. The summed E-state index contributed by atoms with van der Waals surface area (Å²) in [5.74, 6) is 0.141. The first-order chi connectivity index (χ1) is 11.0. The molecule has 1 aliphatic rings. The van der Waals surface area contributed by atoms with Gasteiger partial charge in [-0.25, -0.2) is 4.79 Å². The van der Waals surface area contributed by atoms with E-state index in [9.17, 15) is 9.59 Å². The third kappa shape index (κ3) is 2.54. The molecule has 3 heterocycles. The number of nitrogens with zero attached hydrogens (tertiary/aromatic N) is 1. The number of hydrogen-bond acceptors (Lipinski definition) is 6. The molecule has 1 atom stereocenters. The normalized spacial score (nSPS) is 16.7. The number of hydrogen-bond donors (Lipinski definition) is 1. The summed E-state index contributed by atoms with van der Waals surface area (Å²) < 4.78 is 16.2. The molecule has 0 aliphatic carbocycles. The van der Waals surface area contributed by atoms with Gasteiger partial charge in [-0.1, -0.05) is 0 Å². The van der Waals surface area contributed by atoms with Gasteiger partial charge in [0.1, 0.15) is 17.3 Å². The second-order valence-electron chi connectivity index (χ2n) is 5.11. The van der Waals surface area contributed by atoms with Crippen molar-refractivity contribution in [2.24, 2.45) is 0 Å². The molecule has 23 heavy (non-hydrogen) atoms. The van der Waals surface area contributed by atoms with Crippen molar-refractivity contribution in [3.8, 4) is 5.88 Å². The summed E-state index contributed by atoms with van der Waals surface area (Å²) in [6, 6.07) is 3.39. The zero-order chi connectivity index (χ0) is 16.6. The number of allylic oxidation sites excluding steroid dienone is 1. The maximum Gasteiger partial charge on any atom is 0.338 e. The minimum absolute atomic E-state index is 0.179. The van der Waals surface area contributed by atoms with E-state index in [-0.39, 0.29) is 29.2 Å². The van der Waals surface area contributed by atoms with Crippen LogP contribution < -0.4 is 10.3 Å². The zero-order valence-corrected chi connectivity index (χ0v) is 13.0. The fraction of sp³-hybridized carbons (Fsp3) is 0.312. The Balaban J connectivity index is 2.24. The van der Waals surface area contributed by atoms with Crippen LogP contribution in [0.4, 0.5) is 0 Å². The van der Waals surface area contributed by atoms with Crippen molar-refractivity contribution in [2.45, 2.75) is 26.7 Å². The summed E-state index contributed by atoms with van der Waals surface area (Å²) in [5.41, 5.74) is 0.104. The highest BCUT2D eigenvalue weighted by molar-refractivity contribution is 5.92. The van der Waals surface area contributed by atoms with E-state index >= 15 is 0 Å². The summed E-state index contributed by atoms with van der Waals surface area (Å²) in [7, 11) is 0. The summed E-state index contributed by atoms with van der Waals surface area (Å²) >= 11 is 0. The van der Waals surface area contributed by atoms with Crippen LogP contribution in [0.5, 0.6) is 5.88 Å². The SMILES string of the molecule is CCOC(=O)C1=C(C)Oc2nc(C)[nH]c(=O)c2[C@H]1c1ccco1. The lowest BCUT2D eigenvalue weighted by molar-refractivity contribution is -0.139. The van der Waals surface area contributed by atoms with E-state index in [1.807, 2.05) is 0 Å². The number of rotatable bonds is 3. The van der Waals surface area contributed by atoms with Crippen LogP contribution in [0.2, 0.25) is 0 Å². The second-order valence-corrected chi connectivity index (χ2v) is 5.11. The number of carbonyl (C=O) groups excluding carboxylic acids is 1. The molecule has 7 nitrogen and oxygen atoms in total. The van der Waals surface area contributed by atoms with Crippen molar-refractivity contribution >= 4 is 5.97 Å². The monoisotopic (exact) mass is 316 g/mol. The van der Waals surface area contributed by atoms with Crippen LogP contribution in [-0.4, -0.2) is 22.5 Å². The van der Waals surface area contributed by atoms with E-state index < -0.39 is 11.9 Å². The molecule has 0 fully saturated rings. The molecule has 0 amide bonds. The van der Waals surface area contributed by atoms with E-state index in [1.165, 1.54) is 6.26 Å². The number of carbonyl (C=O) groups is 1. The van der Waals surface area contributed by atoms with Crippen LogP contribution in [0, 0.1) is 6.92 Å². The molecule has 2 aromatic heterocycles. The van der Waals surface area contributed by atoms with Crippen molar-refractivity contribution in [3.63, 3.8) is 0 Å². The van der Waals surface area contributed by atoms with E-state index in [1.54, 1.807) is 32.9 Å². The quantitative estimate of drug-likeness (QED) is 0.871. The third-order valence-electron chi connectivity index (χ3n) is 3.57. The van der Waals surface area contributed by atoms with Gasteiger partial charge in [0.25, 0.3) is 5.56 Å². The molecule has 3 rings (SSSR count). The smallest absolute Gasteiger partial charge is 0.338 e. The molecule has 0 saturated carbocycles. The predicted molar refractivity (Wildman–Crippen MR) is 80.1 cm³/mol. The molecule has 0 aromatic carbocycles. The maximum atomic E-state index is 12.4. The number of aryl methyl sites for hydroxylation is 1. The predicted octanol–water partition coefficient (Wildman–Crippen LogP) is 2.03. The van der Waals surface area contributed by atoms with Crippen molar-refractivity contribution < 1.29 is 18.7 Å². The summed E-state index contributed by atoms with van der Waals surface area (Å²) in [6.45, 7) is 5.23. The number of fused-ring (bicyclic) bond motifs is 1. The molecule has 120 valence electrons. The number of esters is 1. The van der Waals surface area contributed by atoms with Gasteiger partial charge in [-0.15, -0.1) is 0 Å². The van der Waals surface area contributed by atoms with Gasteiger partial charge in [0.05, 0.1) is 29.9 Å². The van der Waals surface area contributed by atoms with Gasteiger partial charge in [-0.2, -0.15) is 4.98 Å². The highest BCUT2D eigenvalue weighted by atomic mass is 16.5. The molecular weight excluding hydrogens is 300 g/mol. The largest absolute Gasteiger partial charge is 0.468 e. The van der Waals surface area contributed by atoms with Crippen molar-refractivity contribution in [2.75, 3.05) is 6.61 Å². The van der Waals surface area contributed by atoms with Crippen LogP contribution in [0.25, 0.3) is 0 Å². The van der Waals surface area contributed by atoms with Gasteiger partial charge in [0.15, 0.2) is 0 Å². The number of ether oxygens (including phenoxy) is 2. The zero-order valence-electron chi connectivity index (χ0n) is 13.0. The molecule has 1 N–H and O–H groups in total. The van der Waals surface area contributed by atoms with Gasteiger partial charge in [-0.05, 0) is 32.9 Å². The summed E-state index contributed by atoms with van der Waals surface area (Å²) in [5, 5.41) is 0. The molecule has 1 aliphatic heterocycles. The fourth-order valence-electron chi connectivity index (χ4n) is 2.66. The van der Waals surface area contributed by atoms with E-state index in [4.69, 9.17) is 13.9 Å². The first kappa shape index (κ1) is 15.1. The van der Waals surface area contributed by atoms with Crippen LogP contribution >= 0.6 is 0 Å². The maximum absolute atomic E-state index is 12.4. The van der Waals surface area contributed by atoms with Crippen molar-refractivity contribution in [3.05, 3.63) is 57.2 Å². The molecule has 0 bridgehead atoms. The Labute approximate surface area is 131 Å². The topological polar surface area (TPSA) is 94.4 Å². The first-order valence-electron chi connectivity index (χ1n) is 7.22. The lowest BCUT2D eigenvalue weighted by atomic mass is 9.87. The number of nitrogens with one attached hydrogen (secondary N) is 1. The Morgan fingerprint density at radius 1 is 1.43 bits per heavy atom. The van der Waals surface area contributed by atoms with Crippen LogP contribution in [0.3, 0.4) is 0 Å². The lowest BCUT2D eigenvalue weighted by Gasteiger charge is -2.25. The number of aromatic nitrogens is 2. The lowest BCUT2D eigenvalue weighted by Crippen LogP contribution is -2.30. The highest BCUT2D eigenvalue weighted by Gasteiger charge is 2.39. The number of aromatic amines is 1. The number of furan rings is 1. The fourth-order valence-corrected chi connectivity index (χ4v) is 2.66. The summed E-state index contributed by atoms with van der Waals surface area (Å²) in [4.78, 5) is 31.7. The third-order valence-corrected chi connectivity index (χ3v) is 3.57. The van der Waals surface area contributed by atoms with Crippen molar-refractivity contribution in [1.82, 2.24) is 9.97 Å². The highest BCUT2D eigenvalue weighted by Crippen LogP contribution is 2.40. The Kier molecular flexibility index (Phi) is 3.77. The average molecular weight is 316 g/mol. The minimum atomic E-state index is -0.718. The molecular formula is C16H16N2O5. The molecule has 7 heteroatoms. The van der Waals surface area contributed by atoms with Gasteiger partial charge in [0.2, 0.25) is 5.88 Å². The number of H-pyrrole nitrogens is 1. The molecule has 0 spiro atoms. The second kappa shape index (κ2) is 5.75. The Bertz CT molecular complexity index is 833. The van der Waals surface area contributed by atoms with E-state index in [0.717, 1.165) is 0 Å². The van der Waals surface area contributed by atoms with E-state index in [2.05, 4.69) is 9.97 Å². The first-order valence-corrected chi connectivity index (χ1v) is 7.22. The molecule has 0 saturated heterocycles. The Morgan fingerprint density at radius 2 is 2.22 bits per heavy atom. The van der Waals surface area contributed by atoms with Gasteiger partial charge in [0, 0.05) is 0 Å². The van der Waals surface area contributed by atoms with Gasteiger partial charge in [-0.3, -0.25) is 4.79 Å². The Morgan fingerprint density at radius 3 is 2.87 bits per heavy atom. The van der Waals surface area contributed by atoms with Gasteiger partial charge >= 0.3 is 5.97 Å². The molecule has 2 aromatic rings. The van der Waals surface area contributed by atoms with Crippen LogP contribution in [0.15, 0.2) is 38.9 Å². The van der Waals surface area contributed by atoms with Crippen LogP contribution in [-0.2, 0) is 9.53 Å². The van der Waals surface area contributed by atoms with Crippen molar-refractivity contribution in [1.29, 1.82) is 0 Å². The van der Waals surface area contributed by atoms with Crippen LogP contribution in [0.1, 0.15) is 36.9 Å². The molecule has 0 radical (unpaired) electrons. The minimum Gasteiger partial charge on any atom is -0.468 e. The Hall–Kier alpha value is -2.83. The van der Waals surface area contributed by atoms with Gasteiger partial charge < -0.3 is 18.9 Å².